The van der Waals surface area contributed by atoms with Crippen molar-refractivity contribution in [1.29, 1.82) is 0 Å². The molecule has 7 heteroatoms. The third kappa shape index (κ3) is 3.16. The van der Waals surface area contributed by atoms with Gasteiger partial charge in [0.2, 0.25) is 0 Å². The van der Waals surface area contributed by atoms with Gasteiger partial charge in [0.15, 0.2) is 0 Å². The Bertz CT molecular complexity index is 611. The van der Waals surface area contributed by atoms with Crippen molar-refractivity contribution in [1.82, 2.24) is 4.98 Å². The molecule has 1 atom stereocenters. The van der Waals surface area contributed by atoms with Crippen molar-refractivity contribution in [3.63, 3.8) is 0 Å². The Labute approximate surface area is 120 Å². The third-order valence-electron chi connectivity index (χ3n) is 2.73. The predicted octanol–water partition coefficient (Wildman–Crippen LogP) is 4.05. The van der Waals surface area contributed by atoms with Crippen LogP contribution in [0.15, 0.2) is 41.0 Å². The number of rotatable bonds is 2. The Morgan fingerprint density at radius 1 is 1.15 bits per heavy atom. The second-order valence-corrected chi connectivity index (χ2v) is 5.03. The second kappa shape index (κ2) is 5.49. The van der Waals surface area contributed by atoms with Gasteiger partial charge in [0.1, 0.15) is 5.82 Å². The smallest absolute Gasteiger partial charge is 0.319 e. The Hall–Kier alpha value is -1.47. The highest BCUT2D eigenvalue weighted by molar-refractivity contribution is 9.10. The summed E-state index contributed by atoms with van der Waals surface area (Å²) in [6.07, 6.45) is -3.21. The molecule has 1 heterocycles. The Kier molecular flexibility index (Phi) is 4.10. The molecule has 0 aliphatic heterocycles. The molecule has 2 rings (SSSR count). The van der Waals surface area contributed by atoms with Crippen LogP contribution >= 0.6 is 15.9 Å². The van der Waals surface area contributed by atoms with E-state index in [-0.39, 0.29) is 5.56 Å². The summed E-state index contributed by atoms with van der Waals surface area (Å²) in [5.74, 6) is -1.34. The van der Waals surface area contributed by atoms with Gasteiger partial charge in [-0.1, -0.05) is 6.07 Å². The highest BCUT2D eigenvalue weighted by Crippen LogP contribution is 2.32. The summed E-state index contributed by atoms with van der Waals surface area (Å²) in [4.78, 5) is 4.04. The maximum Gasteiger partial charge on any atom is 0.419 e. The average molecular weight is 349 g/mol. The van der Waals surface area contributed by atoms with Crippen LogP contribution in [-0.4, -0.2) is 4.98 Å². The molecule has 0 aliphatic rings. The standard InChI is InChI=1S/C13H9BrF4N2/c14-8-2-4-11(20-6-8)12(19)7-1-3-9(10(15)5-7)13(16,17)18/h1-6,12H,19H2. The minimum absolute atomic E-state index is 0.227. The zero-order valence-corrected chi connectivity index (χ0v) is 11.5. The first-order chi connectivity index (χ1) is 9.29. The van der Waals surface area contributed by atoms with Gasteiger partial charge < -0.3 is 5.73 Å². The Morgan fingerprint density at radius 3 is 2.35 bits per heavy atom. The lowest BCUT2D eigenvalue weighted by molar-refractivity contribution is -0.140. The molecule has 2 aromatic rings. The molecule has 20 heavy (non-hydrogen) atoms. The minimum atomic E-state index is -4.72. The number of halogens is 5. The van der Waals surface area contributed by atoms with Crippen LogP contribution in [0.3, 0.4) is 0 Å². The quantitative estimate of drug-likeness (QED) is 0.831. The molecule has 1 unspecified atom stereocenters. The molecule has 0 amide bonds. The van der Waals surface area contributed by atoms with Crippen molar-refractivity contribution in [2.24, 2.45) is 5.73 Å². The van der Waals surface area contributed by atoms with E-state index in [0.717, 1.165) is 16.6 Å². The van der Waals surface area contributed by atoms with E-state index in [0.29, 0.717) is 11.8 Å². The van der Waals surface area contributed by atoms with Gasteiger partial charge in [0, 0.05) is 10.7 Å². The highest BCUT2D eigenvalue weighted by atomic mass is 79.9. The van der Waals surface area contributed by atoms with E-state index in [2.05, 4.69) is 20.9 Å². The van der Waals surface area contributed by atoms with Gasteiger partial charge in [-0.3, -0.25) is 4.98 Å². The molecular weight excluding hydrogens is 340 g/mol. The summed E-state index contributed by atoms with van der Waals surface area (Å²) in [5.41, 5.74) is 5.23. The van der Waals surface area contributed by atoms with Gasteiger partial charge in [-0.25, -0.2) is 4.39 Å². The first-order valence-corrected chi connectivity index (χ1v) is 6.32. The SMILES string of the molecule is NC(c1ccc(C(F)(F)F)c(F)c1)c1ccc(Br)cn1. The lowest BCUT2D eigenvalue weighted by Crippen LogP contribution is -2.15. The zero-order chi connectivity index (χ0) is 14.9. The number of hydrogen-bond donors (Lipinski definition) is 1. The average Bonchev–Trinajstić information content (AvgIpc) is 2.37. The molecule has 0 radical (unpaired) electrons. The van der Waals surface area contributed by atoms with Crippen molar-refractivity contribution in [3.8, 4) is 0 Å². The van der Waals surface area contributed by atoms with Crippen molar-refractivity contribution in [3.05, 3.63) is 63.6 Å². The minimum Gasteiger partial charge on any atom is -0.319 e. The van der Waals surface area contributed by atoms with E-state index in [9.17, 15) is 17.6 Å². The molecular formula is C13H9BrF4N2. The van der Waals surface area contributed by atoms with Gasteiger partial charge in [-0.15, -0.1) is 0 Å². The van der Waals surface area contributed by atoms with Crippen LogP contribution < -0.4 is 5.73 Å². The highest BCUT2D eigenvalue weighted by Gasteiger charge is 2.34. The fourth-order valence-corrected chi connectivity index (χ4v) is 1.93. The van der Waals surface area contributed by atoms with Crippen LogP contribution in [-0.2, 0) is 6.18 Å². The van der Waals surface area contributed by atoms with Crippen LogP contribution in [0.1, 0.15) is 22.9 Å². The molecule has 0 fully saturated rings. The monoisotopic (exact) mass is 348 g/mol. The van der Waals surface area contributed by atoms with E-state index in [1.54, 1.807) is 12.1 Å². The van der Waals surface area contributed by atoms with Crippen molar-refractivity contribution < 1.29 is 17.6 Å². The summed E-state index contributed by atoms with van der Waals surface area (Å²) < 4.78 is 51.6. The Morgan fingerprint density at radius 2 is 1.85 bits per heavy atom. The molecule has 0 spiro atoms. The number of pyridine rings is 1. The van der Waals surface area contributed by atoms with Gasteiger partial charge in [0.05, 0.1) is 17.3 Å². The van der Waals surface area contributed by atoms with Crippen LogP contribution in [0.2, 0.25) is 0 Å². The van der Waals surface area contributed by atoms with E-state index in [4.69, 9.17) is 5.73 Å². The van der Waals surface area contributed by atoms with Crippen molar-refractivity contribution in [2.45, 2.75) is 12.2 Å². The first kappa shape index (κ1) is 14.9. The summed E-state index contributed by atoms with van der Waals surface area (Å²) in [6, 6.07) is 5.15. The topological polar surface area (TPSA) is 38.9 Å². The fraction of sp³-hybridized carbons (Fsp3) is 0.154. The van der Waals surface area contributed by atoms with E-state index >= 15 is 0 Å². The molecule has 2 nitrogen and oxygen atoms in total. The summed E-state index contributed by atoms with van der Waals surface area (Å²) in [6.45, 7) is 0. The maximum absolute atomic E-state index is 13.5. The van der Waals surface area contributed by atoms with E-state index in [1.807, 2.05) is 0 Å². The summed E-state index contributed by atoms with van der Waals surface area (Å²) in [5, 5.41) is 0. The van der Waals surface area contributed by atoms with Gasteiger partial charge in [-0.2, -0.15) is 13.2 Å². The molecule has 0 saturated carbocycles. The van der Waals surface area contributed by atoms with Gasteiger partial charge in [-0.05, 0) is 45.8 Å². The zero-order valence-electron chi connectivity index (χ0n) is 9.96. The largest absolute Gasteiger partial charge is 0.419 e. The predicted molar refractivity (Wildman–Crippen MR) is 69.4 cm³/mol. The first-order valence-electron chi connectivity index (χ1n) is 5.52. The van der Waals surface area contributed by atoms with Gasteiger partial charge in [0.25, 0.3) is 0 Å². The molecule has 1 aromatic carbocycles. The van der Waals surface area contributed by atoms with Crippen LogP contribution in [0, 0.1) is 5.82 Å². The molecule has 1 aromatic heterocycles. The van der Waals surface area contributed by atoms with Crippen LogP contribution in [0.4, 0.5) is 17.6 Å². The second-order valence-electron chi connectivity index (χ2n) is 4.12. The number of nitrogens with two attached hydrogens (primary N) is 1. The van der Waals surface area contributed by atoms with Crippen molar-refractivity contribution >= 4 is 15.9 Å². The normalized spacial score (nSPS) is 13.3. The maximum atomic E-state index is 13.5. The number of hydrogen-bond acceptors (Lipinski definition) is 2. The fourth-order valence-electron chi connectivity index (χ4n) is 1.70. The summed E-state index contributed by atoms with van der Waals surface area (Å²) in [7, 11) is 0. The van der Waals surface area contributed by atoms with E-state index in [1.165, 1.54) is 6.20 Å². The number of nitrogens with zero attached hydrogens (tertiary/aromatic N) is 1. The third-order valence-corrected chi connectivity index (χ3v) is 3.20. The molecule has 2 N–H and O–H groups in total. The lowest BCUT2D eigenvalue weighted by Gasteiger charge is -2.14. The Balaban J connectivity index is 2.34. The molecule has 0 bridgehead atoms. The molecule has 0 aliphatic carbocycles. The summed E-state index contributed by atoms with van der Waals surface area (Å²) >= 11 is 3.21. The van der Waals surface area contributed by atoms with E-state index < -0.39 is 23.6 Å². The van der Waals surface area contributed by atoms with Gasteiger partial charge >= 0.3 is 6.18 Å². The van der Waals surface area contributed by atoms with Crippen molar-refractivity contribution in [2.75, 3.05) is 0 Å². The number of aromatic nitrogens is 1. The molecule has 106 valence electrons. The van der Waals surface area contributed by atoms with Crippen LogP contribution in [0.25, 0.3) is 0 Å². The lowest BCUT2D eigenvalue weighted by atomic mass is 10.0. The number of alkyl halides is 3. The molecule has 0 saturated heterocycles. The number of benzene rings is 1. The van der Waals surface area contributed by atoms with Crippen LogP contribution in [0.5, 0.6) is 0 Å².